The number of ketones is 1. The van der Waals surface area contributed by atoms with Crippen LogP contribution in [0.25, 0.3) is 22.2 Å². The molecule has 2 unspecified atom stereocenters. The summed E-state index contributed by atoms with van der Waals surface area (Å²) in [7, 11) is 6.46. The molecule has 2 aromatic rings. The van der Waals surface area contributed by atoms with Crippen LogP contribution in [0, 0.1) is 0 Å². The third kappa shape index (κ3) is 7.98. The number of nitrogens with zero attached hydrogens (tertiary/aromatic N) is 4. The Kier molecular flexibility index (Phi) is 12.9. The smallest absolute Gasteiger partial charge is 0.660 e. The van der Waals surface area contributed by atoms with E-state index in [1.165, 1.54) is 41.6 Å². The van der Waals surface area contributed by atoms with Gasteiger partial charge in [-0.1, -0.05) is 23.8 Å². The van der Waals surface area contributed by atoms with Gasteiger partial charge >= 0.3 is 43.4 Å². The molecule has 2 atom stereocenters. The Morgan fingerprint density at radius 2 is 1.20 bits per heavy atom. The molecule has 8 bridgehead atoms. The van der Waals surface area contributed by atoms with E-state index in [9.17, 15) is 29.1 Å². The second-order valence-electron chi connectivity index (χ2n) is 13.9. The number of methoxy groups -OCH3 is 5. The van der Waals surface area contributed by atoms with Crippen LogP contribution in [-0.4, -0.2) is 80.3 Å². The van der Waals surface area contributed by atoms with E-state index < -0.39 is 40.5 Å². The SMILES string of the molecule is COC(=O)CCC1=C(CC(=O)OC)c2cc3[n-]c(cc4nc(cc5[n-]c(cc1n2)c(CCC(=O)OC)c5CC(=O)OC)C(=O)C4(C)C)C(C)(O)C3(C)OC.[Zn+2]. The van der Waals surface area contributed by atoms with Crippen molar-refractivity contribution in [2.75, 3.05) is 35.5 Å². The summed E-state index contributed by atoms with van der Waals surface area (Å²) in [5.74, 6) is -2.52. The van der Waals surface area contributed by atoms with Gasteiger partial charge in [0.25, 0.3) is 0 Å². The number of hydrogen-bond donors (Lipinski definition) is 1. The summed E-state index contributed by atoms with van der Waals surface area (Å²) < 4.78 is 25.8. The summed E-state index contributed by atoms with van der Waals surface area (Å²) in [5.41, 5.74) is -0.600. The maximum absolute atomic E-state index is 14.0. The van der Waals surface area contributed by atoms with Crippen molar-refractivity contribution in [2.45, 2.75) is 82.8 Å². The molecule has 2 aromatic heterocycles. The van der Waals surface area contributed by atoms with Gasteiger partial charge in [0, 0.05) is 20.0 Å². The molecule has 0 amide bonds. The molecule has 0 fully saturated rings. The fourth-order valence-corrected chi connectivity index (χ4v) is 6.74. The maximum Gasteiger partial charge on any atom is 2.00 e. The Labute approximate surface area is 331 Å². The summed E-state index contributed by atoms with van der Waals surface area (Å²) in [6.07, 6.45) is -0.449. The summed E-state index contributed by atoms with van der Waals surface area (Å²) in [6.45, 7) is 6.61. The topological polar surface area (TPSA) is 206 Å². The zero-order valence-electron chi connectivity index (χ0n) is 32.6. The van der Waals surface area contributed by atoms with Gasteiger partial charge in [-0.3, -0.25) is 24.0 Å². The number of carbonyl (C=O) groups excluding carboxylic acids is 5. The number of carbonyl (C=O) groups is 5. The van der Waals surface area contributed by atoms with Gasteiger partial charge in [-0.15, -0.1) is 22.4 Å². The fraction of sp³-hybridized carbons (Fsp3) is 0.462. The molecule has 0 aromatic carbocycles. The fourth-order valence-electron chi connectivity index (χ4n) is 6.74. The first-order valence-electron chi connectivity index (χ1n) is 17.2. The number of aromatic nitrogens is 4. The van der Waals surface area contributed by atoms with Gasteiger partial charge in [-0.05, 0) is 63.3 Å². The van der Waals surface area contributed by atoms with E-state index in [1.807, 2.05) is 0 Å². The van der Waals surface area contributed by atoms with Gasteiger partial charge in [-0.25, -0.2) is 9.97 Å². The normalized spacial score (nSPS) is 19.3. The Bertz CT molecular complexity index is 2150. The first-order valence-corrected chi connectivity index (χ1v) is 17.2. The standard InChI is InChI=1S/C39H45N4O11.Zn/c1-37(2)29-19-30-38(3,49)39(4,54-9)31(43-30)18-27-23(15-35(47)53-8)21(11-13-33(45)51-6)25(41-27)16-24-20(10-12-32(44)50-5)22(14-34(46)52-7)26(40-24)17-28(42-29)36(37)48;/h16-19,49H,10-15H2,1-9H3,(H-,40,41,42,43,48);/q-1;+2/p-1. The van der Waals surface area contributed by atoms with Crippen LogP contribution in [-0.2, 0) is 91.8 Å². The van der Waals surface area contributed by atoms with Crippen LogP contribution in [0.5, 0.6) is 0 Å². The summed E-state index contributed by atoms with van der Waals surface area (Å²) in [6, 6.07) is 6.27. The molecule has 0 aliphatic carbocycles. The van der Waals surface area contributed by atoms with Crippen LogP contribution in [0.15, 0.2) is 24.3 Å². The van der Waals surface area contributed by atoms with Crippen molar-refractivity contribution < 1.29 is 72.2 Å². The number of rotatable bonds is 11. The molecule has 0 radical (unpaired) electrons. The Hall–Kier alpha value is -4.79. The van der Waals surface area contributed by atoms with Crippen molar-refractivity contribution in [3.8, 4) is 0 Å². The van der Waals surface area contributed by atoms with E-state index in [4.69, 9.17) is 43.6 Å². The molecule has 288 valence electrons. The minimum Gasteiger partial charge on any atom is -0.660 e. The molecule has 16 heteroatoms. The van der Waals surface area contributed by atoms with Crippen LogP contribution in [0.1, 0.15) is 103 Å². The minimum atomic E-state index is -1.74. The average Bonchev–Trinajstić information content (AvgIpc) is 3.76. The number of fused-ring (bicyclic) bond motifs is 8. The number of allylic oxidation sites excluding steroid dienone is 1. The molecular weight excluding hydrogens is 766 g/mol. The second kappa shape index (κ2) is 16.5. The molecule has 3 aliphatic rings. The largest absolute Gasteiger partial charge is 2.00 e. The predicted octanol–water partition coefficient (Wildman–Crippen LogP) is 3.47. The van der Waals surface area contributed by atoms with Crippen LogP contribution in [0.3, 0.4) is 0 Å². The van der Waals surface area contributed by atoms with Crippen LogP contribution in [0.2, 0.25) is 0 Å². The van der Waals surface area contributed by atoms with Crippen LogP contribution >= 0.6 is 0 Å². The quantitative estimate of drug-likeness (QED) is 0.196. The van der Waals surface area contributed by atoms with Crippen LogP contribution in [0.4, 0.5) is 0 Å². The van der Waals surface area contributed by atoms with E-state index in [1.54, 1.807) is 45.9 Å². The number of esters is 4. The van der Waals surface area contributed by atoms with E-state index in [-0.39, 0.29) is 92.1 Å². The summed E-state index contributed by atoms with van der Waals surface area (Å²) >= 11 is 0. The molecule has 55 heavy (non-hydrogen) atoms. The molecular formula is C39H44N4O11Zn. The van der Waals surface area contributed by atoms with Crippen molar-refractivity contribution in [1.29, 1.82) is 0 Å². The van der Waals surface area contributed by atoms with Gasteiger partial charge in [0.05, 0.1) is 69.4 Å². The van der Waals surface area contributed by atoms with Crippen molar-refractivity contribution in [1.82, 2.24) is 19.9 Å². The Morgan fingerprint density at radius 1 is 0.655 bits per heavy atom. The van der Waals surface area contributed by atoms with Gasteiger partial charge in [0.1, 0.15) is 11.3 Å². The molecule has 0 saturated carbocycles. The van der Waals surface area contributed by atoms with Gasteiger partial charge in [0.2, 0.25) is 0 Å². The van der Waals surface area contributed by atoms with Crippen molar-refractivity contribution >= 4 is 51.8 Å². The number of Topliss-reactive ketones (excluding diaryl/α,β-unsaturated/α-hetero) is 1. The molecule has 0 saturated heterocycles. The summed E-state index contributed by atoms with van der Waals surface area (Å²) in [4.78, 5) is 83.9. The van der Waals surface area contributed by atoms with E-state index in [0.717, 1.165) is 0 Å². The Balaban J connectivity index is 0.00000673. The third-order valence-corrected chi connectivity index (χ3v) is 10.5. The number of aryl methyl sites for hydroxylation is 1. The predicted molar refractivity (Wildman–Crippen MR) is 192 cm³/mol. The zero-order valence-corrected chi connectivity index (χ0v) is 35.5. The van der Waals surface area contributed by atoms with E-state index in [0.29, 0.717) is 39.2 Å². The molecule has 0 spiro atoms. The van der Waals surface area contributed by atoms with Crippen molar-refractivity contribution in [3.63, 3.8) is 0 Å². The summed E-state index contributed by atoms with van der Waals surface area (Å²) in [5, 5.41) is 12.1. The second-order valence-corrected chi connectivity index (χ2v) is 13.9. The number of ether oxygens (including phenoxy) is 5. The minimum absolute atomic E-state index is 0. The number of hydrogen-bond acceptors (Lipinski definition) is 13. The molecule has 3 aliphatic heterocycles. The third-order valence-electron chi connectivity index (χ3n) is 10.5. The van der Waals surface area contributed by atoms with Gasteiger partial charge in [-0.2, -0.15) is 0 Å². The number of aliphatic hydroxyl groups is 1. The molecule has 5 rings (SSSR count). The van der Waals surface area contributed by atoms with Crippen molar-refractivity contribution in [3.05, 3.63) is 69.6 Å². The first-order chi connectivity index (χ1) is 25.4. The van der Waals surface area contributed by atoms with Crippen LogP contribution < -0.4 is 9.97 Å². The average molecular weight is 810 g/mol. The van der Waals surface area contributed by atoms with E-state index >= 15 is 0 Å². The van der Waals surface area contributed by atoms with Gasteiger partial charge in [0.15, 0.2) is 5.78 Å². The monoisotopic (exact) mass is 808 g/mol. The first kappa shape index (κ1) is 42.9. The molecule has 5 heterocycles. The maximum atomic E-state index is 14.0. The molecule has 15 nitrogen and oxygen atoms in total. The molecule has 1 N–H and O–H groups in total. The van der Waals surface area contributed by atoms with Crippen molar-refractivity contribution in [2.24, 2.45) is 0 Å². The zero-order chi connectivity index (χ0) is 39.7. The van der Waals surface area contributed by atoms with Gasteiger partial charge < -0.3 is 38.8 Å². The van der Waals surface area contributed by atoms with E-state index in [2.05, 4.69) is 0 Å². The Morgan fingerprint density at radius 3 is 1.80 bits per heavy atom.